The van der Waals surface area contributed by atoms with E-state index in [0.717, 1.165) is 0 Å². The number of hydrogen-bond donors (Lipinski definition) is 0. The standard InChI is InChI=1S/C36H68N/c1-4-6-8-10-12-14-16-18-20-22-24-29-33-37(3,35-36-31-27-26-28-32-36)34-30-25-23-21-19-17-15-13-11-9-7-5-2/h26-28,31-32H,4-25,29-30,33-35H2,1-3H3/q+1. The fraction of sp³-hybridized carbons (Fsp3) is 0.833. The zero-order valence-corrected chi connectivity index (χ0v) is 25.9. The fourth-order valence-electron chi connectivity index (χ4n) is 5.96. The Morgan fingerprint density at radius 2 is 0.703 bits per heavy atom. The summed E-state index contributed by atoms with van der Waals surface area (Å²) in [5.41, 5.74) is 1.52. The maximum atomic E-state index is 2.53. The molecule has 0 fully saturated rings. The molecule has 1 nitrogen and oxygen atoms in total. The van der Waals surface area contributed by atoms with Crippen LogP contribution in [0.1, 0.15) is 174 Å². The van der Waals surface area contributed by atoms with Crippen molar-refractivity contribution in [3.63, 3.8) is 0 Å². The minimum Gasteiger partial charge on any atom is -0.322 e. The van der Waals surface area contributed by atoms with Gasteiger partial charge in [0.1, 0.15) is 6.54 Å². The van der Waals surface area contributed by atoms with Gasteiger partial charge in [-0.05, 0) is 25.7 Å². The molecule has 0 aliphatic rings. The molecular formula is C36H68N+. The van der Waals surface area contributed by atoms with E-state index in [9.17, 15) is 0 Å². The highest BCUT2D eigenvalue weighted by Gasteiger charge is 2.21. The molecule has 1 rings (SSSR count). The molecule has 216 valence electrons. The third-order valence-electron chi connectivity index (χ3n) is 8.51. The SMILES string of the molecule is CCCCCCCCCCCCCC[N+](C)(CCCCCCCCCCCCCC)Cc1ccccc1. The molecule has 0 spiro atoms. The minimum atomic E-state index is 1.21. The predicted octanol–water partition coefficient (Wildman–Crippen LogP) is 12.0. The van der Waals surface area contributed by atoms with Crippen LogP contribution >= 0.6 is 0 Å². The summed E-state index contributed by atoms with van der Waals surface area (Å²) in [6.45, 7) is 8.52. The van der Waals surface area contributed by atoms with Crippen LogP contribution in [-0.4, -0.2) is 24.6 Å². The second-order valence-corrected chi connectivity index (χ2v) is 12.5. The second kappa shape index (κ2) is 25.5. The van der Waals surface area contributed by atoms with Crippen molar-refractivity contribution >= 4 is 0 Å². The highest BCUT2D eigenvalue weighted by molar-refractivity contribution is 5.13. The van der Waals surface area contributed by atoms with Gasteiger partial charge in [-0.25, -0.2) is 0 Å². The van der Waals surface area contributed by atoms with Gasteiger partial charge >= 0.3 is 0 Å². The average molecular weight is 515 g/mol. The quantitative estimate of drug-likeness (QED) is 0.0770. The normalized spacial score (nSPS) is 11.9. The van der Waals surface area contributed by atoms with Gasteiger partial charge in [-0.3, -0.25) is 0 Å². The molecule has 0 bridgehead atoms. The van der Waals surface area contributed by atoms with Crippen LogP contribution < -0.4 is 0 Å². The van der Waals surface area contributed by atoms with Gasteiger partial charge in [0.2, 0.25) is 0 Å². The summed E-state index contributed by atoms with van der Waals surface area (Å²) < 4.78 is 1.24. The maximum absolute atomic E-state index is 2.53. The Morgan fingerprint density at radius 3 is 1.03 bits per heavy atom. The molecule has 0 saturated carbocycles. The van der Waals surface area contributed by atoms with E-state index >= 15 is 0 Å². The Balaban J connectivity index is 2.15. The molecule has 1 aromatic rings. The van der Waals surface area contributed by atoms with Crippen LogP contribution in [0.4, 0.5) is 0 Å². The summed E-state index contributed by atoms with van der Waals surface area (Å²) in [5, 5.41) is 0. The molecule has 37 heavy (non-hydrogen) atoms. The lowest BCUT2D eigenvalue weighted by molar-refractivity contribution is -0.923. The van der Waals surface area contributed by atoms with Crippen molar-refractivity contribution < 1.29 is 4.48 Å². The molecule has 0 radical (unpaired) electrons. The molecule has 0 saturated heterocycles. The lowest BCUT2D eigenvalue weighted by Crippen LogP contribution is -2.44. The largest absolute Gasteiger partial charge is 0.322 e. The lowest BCUT2D eigenvalue weighted by atomic mass is 10.0. The van der Waals surface area contributed by atoms with Gasteiger partial charge < -0.3 is 4.48 Å². The number of benzene rings is 1. The molecule has 0 amide bonds. The fourth-order valence-corrected chi connectivity index (χ4v) is 5.96. The second-order valence-electron chi connectivity index (χ2n) is 12.5. The zero-order chi connectivity index (χ0) is 26.7. The van der Waals surface area contributed by atoms with Gasteiger partial charge in [0, 0.05) is 5.56 Å². The Labute approximate surface area is 234 Å². The molecule has 0 atom stereocenters. The Hall–Kier alpha value is -0.820. The van der Waals surface area contributed by atoms with Crippen molar-refractivity contribution in [3.8, 4) is 0 Å². The molecule has 0 unspecified atom stereocenters. The molecule has 0 aliphatic carbocycles. The molecule has 0 aromatic heterocycles. The summed E-state index contributed by atoms with van der Waals surface area (Å²) >= 11 is 0. The zero-order valence-electron chi connectivity index (χ0n) is 25.9. The third kappa shape index (κ3) is 21.8. The number of nitrogens with zero attached hydrogens (tertiary/aromatic N) is 1. The molecule has 1 heteroatoms. The Morgan fingerprint density at radius 1 is 0.405 bits per heavy atom. The van der Waals surface area contributed by atoms with Crippen LogP contribution in [0.5, 0.6) is 0 Å². The van der Waals surface area contributed by atoms with E-state index in [1.165, 1.54) is 184 Å². The van der Waals surface area contributed by atoms with Crippen molar-refractivity contribution in [1.29, 1.82) is 0 Å². The number of rotatable bonds is 28. The summed E-state index contributed by atoms with van der Waals surface area (Å²) in [6.07, 6.45) is 34.6. The van der Waals surface area contributed by atoms with Crippen molar-refractivity contribution in [2.24, 2.45) is 0 Å². The van der Waals surface area contributed by atoms with E-state index in [1.807, 2.05) is 0 Å². The number of unbranched alkanes of at least 4 members (excludes halogenated alkanes) is 22. The molecule has 0 aliphatic heterocycles. The first kappa shape index (κ1) is 34.2. The topological polar surface area (TPSA) is 0 Å². The van der Waals surface area contributed by atoms with Crippen LogP contribution in [-0.2, 0) is 6.54 Å². The van der Waals surface area contributed by atoms with E-state index in [1.54, 1.807) is 0 Å². The molecular weight excluding hydrogens is 446 g/mol. The minimum absolute atomic E-state index is 1.21. The van der Waals surface area contributed by atoms with Crippen LogP contribution in [0.3, 0.4) is 0 Å². The van der Waals surface area contributed by atoms with Gasteiger partial charge in [0.05, 0.1) is 20.1 Å². The monoisotopic (exact) mass is 515 g/mol. The van der Waals surface area contributed by atoms with Gasteiger partial charge in [0.15, 0.2) is 0 Å². The van der Waals surface area contributed by atoms with E-state index in [-0.39, 0.29) is 0 Å². The first-order valence-corrected chi connectivity index (χ1v) is 17.1. The van der Waals surface area contributed by atoms with Gasteiger partial charge in [-0.1, -0.05) is 173 Å². The van der Waals surface area contributed by atoms with Gasteiger partial charge in [-0.15, -0.1) is 0 Å². The number of quaternary nitrogens is 1. The van der Waals surface area contributed by atoms with Gasteiger partial charge in [0.25, 0.3) is 0 Å². The predicted molar refractivity (Wildman–Crippen MR) is 168 cm³/mol. The molecule has 0 N–H and O–H groups in total. The molecule has 0 heterocycles. The van der Waals surface area contributed by atoms with E-state index in [4.69, 9.17) is 0 Å². The van der Waals surface area contributed by atoms with Crippen LogP contribution in [0.25, 0.3) is 0 Å². The van der Waals surface area contributed by atoms with Crippen LogP contribution in [0.15, 0.2) is 30.3 Å². The highest BCUT2D eigenvalue weighted by Crippen LogP contribution is 2.19. The van der Waals surface area contributed by atoms with Crippen molar-refractivity contribution in [2.45, 2.75) is 174 Å². The van der Waals surface area contributed by atoms with E-state index in [2.05, 4.69) is 51.2 Å². The van der Waals surface area contributed by atoms with Gasteiger partial charge in [-0.2, -0.15) is 0 Å². The Kier molecular flexibility index (Phi) is 23.5. The highest BCUT2D eigenvalue weighted by atomic mass is 15.3. The Bertz CT molecular complexity index is 537. The summed E-state index contributed by atoms with van der Waals surface area (Å²) in [6, 6.07) is 11.3. The van der Waals surface area contributed by atoms with Crippen molar-refractivity contribution in [2.75, 3.05) is 20.1 Å². The summed E-state index contributed by atoms with van der Waals surface area (Å²) in [7, 11) is 2.53. The van der Waals surface area contributed by atoms with Crippen molar-refractivity contribution in [3.05, 3.63) is 35.9 Å². The third-order valence-corrected chi connectivity index (χ3v) is 8.51. The summed E-state index contributed by atoms with van der Waals surface area (Å²) in [5.74, 6) is 0. The first-order chi connectivity index (χ1) is 18.2. The first-order valence-electron chi connectivity index (χ1n) is 17.1. The summed E-state index contributed by atoms with van der Waals surface area (Å²) in [4.78, 5) is 0. The van der Waals surface area contributed by atoms with E-state index in [0.29, 0.717) is 0 Å². The average Bonchev–Trinajstić information content (AvgIpc) is 2.90. The lowest BCUT2D eigenvalue weighted by Gasteiger charge is -2.35. The smallest absolute Gasteiger partial charge is 0.104 e. The number of hydrogen-bond acceptors (Lipinski definition) is 0. The van der Waals surface area contributed by atoms with Crippen LogP contribution in [0.2, 0.25) is 0 Å². The molecule has 1 aromatic carbocycles. The van der Waals surface area contributed by atoms with E-state index < -0.39 is 0 Å². The van der Waals surface area contributed by atoms with Crippen LogP contribution in [0, 0.1) is 0 Å². The maximum Gasteiger partial charge on any atom is 0.104 e. The van der Waals surface area contributed by atoms with Crippen molar-refractivity contribution in [1.82, 2.24) is 0 Å².